The predicted molar refractivity (Wildman–Crippen MR) is 133 cm³/mol. The first-order valence-electron chi connectivity index (χ1n) is 12.1. The van der Waals surface area contributed by atoms with Gasteiger partial charge in [-0.3, -0.25) is 9.59 Å². The number of carbonyl (C=O) groups is 2. The van der Waals surface area contributed by atoms with E-state index in [0.29, 0.717) is 29.7 Å². The Morgan fingerprint density at radius 2 is 1.41 bits per heavy atom. The van der Waals surface area contributed by atoms with Gasteiger partial charge < -0.3 is 0 Å². The molecule has 1 aliphatic carbocycles. The number of anilines is 1. The number of rotatable bonds is 5. The Hall–Kier alpha value is -2.51. The molecule has 0 N–H and O–H groups in total. The SMILES string of the molecule is Cc1ccc(N2C(=O)CC(N(C3CCCCC3)S(=O)(=O)c3c(C)c(C)cc(C)c3C)C2=O)cc1. The van der Waals surface area contributed by atoms with Crippen molar-refractivity contribution in [3.8, 4) is 0 Å². The van der Waals surface area contributed by atoms with Crippen LogP contribution in [0.25, 0.3) is 0 Å². The number of hydrogen-bond acceptors (Lipinski definition) is 4. The van der Waals surface area contributed by atoms with E-state index in [4.69, 9.17) is 0 Å². The Morgan fingerprint density at radius 3 is 1.97 bits per heavy atom. The summed E-state index contributed by atoms with van der Waals surface area (Å²) < 4.78 is 30.1. The topological polar surface area (TPSA) is 74.8 Å². The minimum absolute atomic E-state index is 0.134. The van der Waals surface area contributed by atoms with Gasteiger partial charge in [0.25, 0.3) is 5.91 Å². The van der Waals surface area contributed by atoms with E-state index in [2.05, 4.69) is 0 Å². The third-order valence-corrected chi connectivity index (χ3v) is 9.73. The highest BCUT2D eigenvalue weighted by molar-refractivity contribution is 7.89. The first kappa shape index (κ1) is 24.6. The van der Waals surface area contributed by atoms with Gasteiger partial charge in [-0.2, -0.15) is 4.31 Å². The van der Waals surface area contributed by atoms with Crippen molar-refractivity contribution in [3.05, 3.63) is 58.1 Å². The minimum Gasteiger partial charge on any atom is -0.274 e. The molecular weight excluding hydrogens is 448 g/mol. The van der Waals surface area contributed by atoms with Gasteiger partial charge in [-0.1, -0.05) is 43.0 Å². The number of aryl methyl sites for hydroxylation is 3. The summed E-state index contributed by atoms with van der Waals surface area (Å²) in [5.41, 5.74) is 4.72. The first-order valence-corrected chi connectivity index (χ1v) is 13.5. The lowest BCUT2D eigenvalue weighted by atomic mass is 9.94. The Morgan fingerprint density at radius 1 is 0.853 bits per heavy atom. The van der Waals surface area contributed by atoms with Gasteiger partial charge in [-0.05, 0) is 81.8 Å². The van der Waals surface area contributed by atoms with Crippen molar-refractivity contribution in [2.75, 3.05) is 4.90 Å². The van der Waals surface area contributed by atoms with Gasteiger partial charge in [-0.25, -0.2) is 13.3 Å². The van der Waals surface area contributed by atoms with Gasteiger partial charge in [0.2, 0.25) is 15.9 Å². The van der Waals surface area contributed by atoms with Crippen LogP contribution in [0.2, 0.25) is 0 Å². The van der Waals surface area contributed by atoms with Crippen LogP contribution in [0.4, 0.5) is 5.69 Å². The van der Waals surface area contributed by atoms with Crippen molar-refractivity contribution in [3.63, 3.8) is 0 Å². The van der Waals surface area contributed by atoms with Crippen molar-refractivity contribution in [1.82, 2.24) is 4.31 Å². The van der Waals surface area contributed by atoms with Crippen LogP contribution in [0.15, 0.2) is 35.2 Å². The summed E-state index contributed by atoms with van der Waals surface area (Å²) in [6, 6.07) is 7.86. The standard InChI is InChI=1S/C27H34N2O4S/c1-17-11-13-22(14-12-17)28-25(30)16-24(27(28)31)29(23-9-7-6-8-10-23)34(32,33)26-20(4)18(2)15-19(3)21(26)5/h11-15,23-24H,6-10,16H2,1-5H3. The summed E-state index contributed by atoms with van der Waals surface area (Å²) in [7, 11) is -4.03. The molecule has 0 radical (unpaired) electrons. The van der Waals surface area contributed by atoms with Crippen molar-refractivity contribution in [2.45, 2.75) is 90.1 Å². The summed E-state index contributed by atoms with van der Waals surface area (Å²) in [5, 5.41) is 0. The highest BCUT2D eigenvalue weighted by Crippen LogP contribution is 2.37. The molecule has 2 fully saturated rings. The van der Waals surface area contributed by atoms with Crippen LogP contribution in [-0.4, -0.2) is 36.6 Å². The zero-order valence-electron chi connectivity index (χ0n) is 20.7. The van der Waals surface area contributed by atoms with Crippen LogP contribution in [0.3, 0.4) is 0 Å². The summed E-state index contributed by atoms with van der Waals surface area (Å²) in [6.45, 7) is 9.41. The number of nitrogens with zero attached hydrogens (tertiary/aromatic N) is 2. The number of carbonyl (C=O) groups excluding carboxylic acids is 2. The summed E-state index contributed by atoms with van der Waals surface area (Å²) in [4.78, 5) is 28.2. The maximum Gasteiger partial charge on any atom is 0.252 e. The number of sulfonamides is 1. The molecule has 0 bridgehead atoms. The lowest BCUT2D eigenvalue weighted by molar-refractivity contribution is -0.122. The van der Waals surface area contributed by atoms with Gasteiger partial charge in [0.15, 0.2) is 0 Å². The van der Waals surface area contributed by atoms with E-state index in [0.717, 1.165) is 40.9 Å². The van der Waals surface area contributed by atoms with E-state index in [-0.39, 0.29) is 23.3 Å². The molecule has 34 heavy (non-hydrogen) atoms. The van der Waals surface area contributed by atoms with Crippen molar-refractivity contribution < 1.29 is 18.0 Å². The molecule has 2 aromatic rings. The molecule has 2 amide bonds. The second kappa shape index (κ2) is 9.27. The van der Waals surface area contributed by atoms with Gasteiger partial charge >= 0.3 is 0 Å². The number of amides is 2. The van der Waals surface area contributed by atoms with Crippen molar-refractivity contribution in [2.24, 2.45) is 0 Å². The van der Waals surface area contributed by atoms with E-state index >= 15 is 0 Å². The van der Waals surface area contributed by atoms with Crippen LogP contribution in [0, 0.1) is 34.6 Å². The molecule has 6 nitrogen and oxygen atoms in total. The fourth-order valence-corrected chi connectivity index (χ4v) is 7.82. The maximum absolute atomic E-state index is 14.3. The summed E-state index contributed by atoms with van der Waals surface area (Å²) in [6.07, 6.45) is 4.15. The Bertz CT molecular complexity index is 1200. The van der Waals surface area contributed by atoms with Gasteiger partial charge in [0, 0.05) is 6.04 Å². The summed E-state index contributed by atoms with van der Waals surface area (Å²) in [5.74, 6) is -0.814. The molecule has 1 heterocycles. The second-order valence-corrected chi connectivity index (χ2v) is 11.6. The molecule has 1 atom stereocenters. The molecule has 1 unspecified atom stereocenters. The molecule has 1 saturated heterocycles. The zero-order chi connectivity index (χ0) is 24.8. The van der Waals surface area contributed by atoms with E-state index in [9.17, 15) is 18.0 Å². The fraction of sp³-hybridized carbons (Fsp3) is 0.481. The molecule has 1 aliphatic heterocycles. The van der Waals surface area contributed by atoms with Crippen LogP contribution in [0.1, 0.15) is 66.3 Å². The van der Waals surface area contributed by atoms with Crippen molar-refractivity contribution in [1.29, 1.82) is 0 Å². The molecule has 4 rings (SSSR count). The molecule has 7 heteroatoms. The van der Waals surface area contributed by atoms with E-state index in [1.807, 2.05) is 52.8 Å². The van der Waals surface area contributed by atoms with Crippen LogP contribution in [-0.2, 0) is 19.6 Å². The van der Waals surface area contributed by atoms with Gasteiger partial charge in [0.05, 0.1) is 17.0 Å². The smallest absolute Gasteiger partial charge is 0.252 e. The Balaban J connectivity index is 1.83. The largest absolute Gasteiger partial charge is 0.274 e. The molecule has 2 aliphatic rings. The zero-order valence-corrected chi connectivity index (χ0v) is 21.5. The highest BCUT2D eigenvalue weighted by atomic mass is 32.2. The lowest BCUT2D eigenvalue weighted by Gasteiger charge is -2.37. The van der Waals surface area contributed by atoms with Crippen LogP contribution >= 0.6 is 0 Å². The third kappa shape index (κ3) is 4.20. The summed E-state index contributed by atoms with van der Waals surface area (Å²) >= 11 is 0. The number of hydrogen-bond donors (Lipinski definition) is 0. The molecule has 0 spiro atoms. The first-order chi connectivity index (χ1) is 16.0. The van der Waals surface area contributed by atoms with E-state index < -0.39 is 22.0 Å². The maximum atomic E-state index is 14.3. The highest BCUT2D eigenvalue weighted by Gasteiger charge is 2.50. The van der Waals surface area contributed by atoms with Gasteiger partial charge in [-0.15, -0.1) is 0 Å². The van der Waals surface area contributed by atoms with Crippen LogP contribution in [0.5, 0.6) is 0 Å². The van der Waals surface area contributed by atoms with Gasteiger partial charge in [0.1, 0.15) is 6.04 Å². The fourth-order valence-electron chi connectivity index (χ4n) is 5.41. The van der Waals surface area contributed by atoms with Crippen LogP contribution < -0.4 is 4.90 Å². The molecule has 0 aromatic heterocycles. The number of imide groups is 1. The Labute approximate surface area is 203 Å². The average Bonchev–Trinajstić information content (AvgIpc) is 3.07. The normalized spacial score (nSPS) is 19.9. The minimum atomic E-state index is -4.03. The van der Waals surface area contributed by atoms with Crippen molar-refractivity contribution >= 4 is 27.5 Å². The molecule has 1 saturated carbocycles. The van der Waals surface area contributed by atoms with E-state index in [1.165, 1.54) is 4.31 Å². The monoisotopic (exact) mass is 482 g/mol. The molecule has 182 valence electrons. The molecule has 2 aromatic carbocycles. The molecular formula is C27H34N2O4S. The lowest BCUT2D eigenvalue weighted by Crippen LogP contribution is -2.51. The van der Waals surface area contributed by atoms with E-state index in [1.54, 1.807) is 12.1 Å². The predicted octanol–water partition coefficient (Wildman–Crippen LogP) is 4.88. The average molecular weight is 483 g/mol. The quantitative estimate of drug-likeness (QED) is 0.569. The number of benzene rings is 2. The Kier molecular flexibility index (Phi) is 6.71. The third-order valence-electron chi connectivity index (χ3n) is 7.49. The second-order valence-electron chi connectivity index (χ2n) is 9.84.